The second-order valence-corrected chi connectivity index (χ2v) is 7.36. The van der Waals surface area contributed by atoms with Crippen LogP contribution in [0.25, 0.3) is 0 Å². The Morgan fingerprint density at radius 2 is 1.86 bits per heavy atom. The third-order valence-electron chi connectivity index (χ3n) is 4.91. The number of methoxy groups -OCH3 is 1. The average Bonchev–Trinajstić information content (AvgIpc) is 2.75. The highest BCUT2D eigenvalue weighted by Gasteiger charge is 2.28. The summed E-state index contributed by atoms with van der Waals surface area (Å²) in [5.74, 6) is 0.178. The number of hydrogen-bond acceptors (Lipinski definition) is 5. The summed E-state index contributed by atoms with van der Waals surface area (Å²) >= 11 is 1.59. The van der Waals surface area contributed by atoms with E-state index in [2.05, 4.69) is 6.07 Å². The van der Waals surface area contributed by atoms with Crippen molar-refractivity contribution in [2.24, 2.45) is 0 Å². The number of rotatable bonds is 5. The Morgan fingerprint density at radius 3 is 2.43 bits per heavy atom. The van der Waals surface area contributed by atoms with Crippen LogP contribution in [0.15, 0.2) is 47.4 Å². The van der Waals surface area contributed by atoms with E-state index in [4.69, 9.17) is 4.74 Å². The molecule has 1 saturated heterocycles. The van der Waals surface area contributed by atoms with Crippen LogP contribution in [0.2, 0.25) is 0 Å². The number of thioether (sulfide) groups is 1. The van der Waals surface area contributed by atoms with Crippen molar-refractivity contribution >= 4 is 17.7 Å². The van der Waals surface area contributed by atoms with Crippen LogP contribution in [-0.2, 0) is 0 Å². The first-order valence-corrected chi connectivity index (χ1v) is 10.2. The lowest BCUT2D eigenvalue weighted by molar-refractivity contribution is 0.0603. The maximum atomic E-state index is 13.2. The van der Waals surface area contributed by atoms with Gasteiger partial charge in [0.15, 0.2) is 0 Å². The first-order chi connectivity index (χ1) is 13.6. The van der Waals surface area contributed by atoms with Crippen LogP contribution in [0.3, 0.4) is 0 Å². The number of ether oxygens (including phenoxy) is 1. The van der Waals surface area contributed by atoms with Crippen molar-refractivity contribution in [1.29, 1.82) is 5.26 Å². The minimum Gasteiger partial charge on any atom is -0.496 e. The smallest absolute Gasteiger partial charge is 0.257 e. The Kier molecular flexibility index (Phi) is 6.55. The molecule has 0 aliphatic carbocycles. The average molecular weight is 399 g/mol. The van der Waals surface area contributed by atoms with Crippen LogP contribution in [-0.4, -0.2) is 55.3 Å². The lowest BCUT2D eigenvalue weighted by atomic mass is 10.1. The largest absolute Gasteiger partial charge is 0.496 e. The molecule has 0 saturated carbocycles. The van der Waals surface area contributed by atoms with Gasteiger partial charge in [-0.25, -0.2) is 4.39 Å². The Hall–Kier alpha value is -2.56. The molecule has 1 fully saturated rings. The lowest BCUT2D eigenvalue weighted by Crippen LogP contribution is -2.49. The van der Waals surface area contributed by atoms with Crippen molar-refractivity contribution in [3.8, 4) is 11.8 Å². The molecule has 0 bridgehead atoms. The molecule has 1 atom stereocenters. The molecule has 0 spiro atoms. The molecule has 1 aliphatic heterocycles. The van der Waals surface area contributed by atoms with E-state index in [1.165, 1.54) is 12.1 Å². The van der Waals surface area contributed by atoms with Gasteiger partial charge in [-0.2, -0.15) is 5.26 Å². The molecule has 0 unspecified atom stereocenters. The van der Waals surface area contributed by atoms with Crippen LogP contribution < -0.4 is 4.74 Å². The minimum atomic E-state index is -0.451. The molecule has 146 valence electrons. The van der Waals surface area contributed by atoms with Gasteiger partial charge in [-0.15, -0.1) is 11.8 Å². The Morgan fingerprint density at radius 1 is 1.18 bits per heavy atom. The molecular weight excluding hydrogens is 377 g/mol. The number of nitriles is 1. The van der Waals surface area contributed by atoms with Crippen molar-refractivity contribution in [1.82, 2.24) is 9.80 Å². The number of amides is 1. The second-order valence-electron chi connectivity index (χ2n) is 6.48. The van der Waals surface area contributed by atoms with Gasteiger partial charge in [0.05, 0.1) is 18.7 Å². The SMILES string of the molecule is COc1cc(SC)ccc1C(=O)N1CCN([C@H](C#N)c2ccc(F)cc2)CC1. The van der Waals surface area contributed by atoms with Crippen LogP contribution >= 0.6 is 11.8 Å². The van der Waals surface area contributed by atoms with Crippen molar-refractivity contribution in [2.75, 3.05) is 39.5 Å². The predicted molar refractivity (Wildman–Crippen MR) is 107 cm³/mol. The van der Waals surface area contributed by atoms with Gasteiger partial charge in [-0.3, -0.25) is 9.69 Å². The van der Waals surface area contributed by atoms with E-state index in [1.54, 1.807) is 42.0 Å². The van der Waals surface area contributed by atoms with Crippen LogP contribution in [0.1, 0.15) is 22.0 Å². The number of hydrogen-bond donors (Lipinski definition) is 0. The van der Waals surface area contributed by atoms with Crippen molar-refractivity contribution in [3.63, 3.8) is 0 Å². The number of halogens is 1. The van der Waals surface area contributed by atoms with Gasteiger partial charge in [-0.1, -0.05) is 12.1 Å². The summed E-state index contributed by atoms with van der Waals surface area (Å²) in [5, 5.41) is 9.59. The topological polar surface area (TPSA) is 56.6 Å². The predicted octanol–water partition coefficient (Wildman–Crippen LogP) is 3.58. The monoisotopic (exact) mass is 399 g/mol. The van der Waals surface area contributed by atoms with Crippen molar-refractivity contribution in [3.05, 3.63) is 59.4 Å². The van der Waals surface area contributed by atoms with Gasteiger partial charge in [-0.05, 0) is 42.2 Å². The first kappa shape index (κ1) is 20.2. The van der Waals surface area contributed by atoms with E-state index in [0.717, 1.165) is 10.5 Å². The van der Waals surface area contributed by atoms with Crippen molar-refractivity contribution < 1.29 is 13.9 Å². The van der Waals surface area contributed by atoms with Gasteiger partial charge >= 0.3 is 0 Å². The Bertz CT molecular complexity index is 874. The zero-order valence-electron chi connectivity index (χ0n) is 15.9. The summed E-state index contributed by atoms with van der Waals surface area (Å²) in [6.07, 6.45) is 1.97. The van der Waals surface area contributed by atoms with Gasteiger partial charge < -0.3 is 9.64 Å². The molecule has 1 aliphatic rings. The molecule has 2 aromatic rings. The van der Waals surface area contributed by atoms with E-state index in [1.807, 2.05) is 23.3 Å². The molecule has 3 rings (SSSR count). The maximum absolute atomic E-state index is 13.2. The fourth-order valence-corrected chi connectivity index (χ4v) is 3.77. The van der Waals surface area contributed by atoms with E-state index < -0.39 is 6.04 Å². The summed E-state index contributed by atoms with van der Waals surface area (Å²) in [4.78, 5) is 17.8. The molecule has 0 N–H and O–H groups in total. The van der Waals surface area contributed by atoms with E-state index in [9.17, 15) is 14.4 Å². The Labute approximate surface area is 168 Å². The van der Waals surface area contributed by atoms with Gasteiger partial charge in [0.25, 0.3) is 5.91 Å². The maximum Gasteiger partial charge on any atom is 0.257 e. The normalized spacial score (nSPS) is 15.7. The molecule has 1 heterocycles. The summed E-state index contributed by atoms with van der Waals surface area (Å²) in [5.41, 5.74) is 1.31. The number of benzene rings is 2. The number of carbonyl (C=O) groups is 1. The lowest BCUT2D eigenvalue weighted by Gasteiger charge is -2.37. The zero-order chi connectivity index (χ0) is 20.1. The number of nitrogens with zero attached hydrogens (tertiary/aromatic N) is 3. The zero-order valence-corrected chi connectivity index (χ0v) is 16.7. The highest BCUT2D eigenvalue weighted by molar-refractivity contribution is 7.98. The van der Waals surface area contributed by atoms with Crippen LogP contribution in [0, 0.1) is 17.1 Å². The molecular formula is C21H22FN3O2S. The first-order valence-electron chi connectivity index (χ1n) is 8.97. The van der Waals surface area contributed by atoms with E-state index >= 15 is 0 Å². The third-order valence-corrected chi connectivity index (χ3v) is 5.64. The van der Waals surface area contributed by atoms with Crippen LogP contribution in [0.4, 0.5) is 4.39 Å². The molecule has 7 heteroatoms. The quantitative estimate of drug-likeness (QED) is 0.720. The highest BCUT2D eigenvalue weighted by Crippen LogP contribution is 2.27. The minimum absolute atomic E-state index is 0.0700. The Balaban J connectivity index is 1.68. The van der Waals surface area contributed by atoms with E-state index in [-0.39, 0.29) is 11.7 Å². The number of piperazine rings is 1. The van der Waals surface area contributed by atoms with Gasteiger partial charge in [0, 0.05) is 31.1 Å². The molecule has 28 heavy (non-hydrogen) atoms. The van der Waals surface area contributed by atoms with Crippen LogP contribution in [0.5, 0.6) is 5.75 Å². The molecule has 5 nitrogen and oxygen atoms in total. The second kappa shape index (κ2) is 9.09. The fraction of sp³-hybridized carbons (Fsp3) is 0.333. The fourth-order valence-electron chi connectivity index (χ4n) is 3.34. The number of carbonyl (C=O) groups excluding carboxylic acids is 1. The van der Waals surface area contributed by atoms with Crippen molar-refractivity contribution in [2.45, 2.75) is 10.9 Å². The third kappa shape index (κ3) is 4.29. The van der Waals surface area contributed by atoms with Gasteiger partial charge in [0.1, 0.15) is 17.6 Å². The molecule has 1 amide bonds. The standard InChI is InChI=1S/C21H22FN3O2S/c1-27-20-13-17(28-2)7-8-18(20)21(26)25-11-9-24(10-12-25)19(14-23)15-3-5-16(22)6-4-15/h3-8,13,19H,9-12H2,1-2H3/t19-/m1/s1. The summed E-state index contributed by atoms with van der Waals surface area (Å²) in [6.45, 7) is 2.19. The molecule has 0 radical (unpaired) electrons. The van der Waals surface area contributed by atoms with E-state index in [0.29, 0.717) is 37.5 Å². The summed E-state index contributed by atoms with van der Waals surface area (Å²) < 4.78 is 18.6. The highest BCUT2D eigenvalue weighted by atomic mass is 32.2. The summed E-state index contributed by atoms with van der Waals surface area (Å²) in [7, 11) is 1.56. The molecule has 2 aromatic carbocycles. The molecule has 0 aromatic heterocycles. The van der Waals surface area contributed by atoms with Gasteiger partial charge in [0.2, 0.25) is 0 Å². The summed E-state index contributed by atoms with van der Waals surface area (Å²) in [6, 6.07) is 13.4.